The highest BCUT2D eigenvalue weighted by Crippen LogP contribution is 2.52. The van der Waals surface area contributed by atoms with Crippen LogP contribution in [-0.2, 0) is 0 Å². The lowest BCUT2D eigenvalue weighted by Gasteiger charge is -2.04. The van der Waals surface area contributed by atoms with Crippen molar-refractivity contribution in [1.29, 1.82) is 0 Å². The first kappa shape index (κ1) is 4.57. The Bertz CT molecular complexity index is 64.1. The molecule has 1 heterocycles. The summed E-state index contributed by atoms with van der Waals surface area (Å²) in [6.07, 6.45) is 4.51. The summed E-state index contributed by atoms with van der Waals surface area (Å²) in [5.74, 6) is 0. The van der Waals surface area contributed by atoms with Gasteiger partial charge in [0, 0.05) is 10.5 Å². The van der Waals surface area contributed by atoms with Crippen LogP contribution in [0.15, 0.2) is 0 Å². The summed E-state index contributed by atoms with van der Waals surface area (Å²) in [7, 11) is 4.22. The molecule has 2 heteroatoms. The maximum absolute atomic E-state index is 2.11. The van der Waals surface area contributed by atoms with Crippen molar-refractivity contribution in [3.63, 3.8) is 0 Å². The topological polar surface area (TPSA) is 0 Å². The van der Waals surface area contributed by atoms with Gasteiger partial charge in [-0.2, -0.15) is 0 Å². The zero-order chi connectivity index (χ0) is 4.69. The molecule has 1 aliphatic heterocycles. The van der Waals surface area contributed by atoms with Gasteiger partial charge in [-0.25, -0.2) is 0 Å². The van der Waals surface area contributed by atoms with Gasteiger partial charge in [-0.15, -0.1) is 0 Å². The van der Waals surface area contributed by atoms with Gasteiger partial charge >= 0.3 is 0 Å². The van der Waals surface area contributed by atoms with Crippen LogP contribution in [0.25, 0.3) is 0 Å². The highest BCUT2D eigenvalue weighted by Gasteiger charge is 2.32. The minimum atomic E-state index is 1.05. The first-order valence-electron chi connectivity index (χ1n) is 2.77. The van der Waals surface area contributed by atoms with E-state index in [2.05, 4.69) is 21.6 Å². The second-order valence-electron chi connectivity index (χ2n) is 2.25. The Balaban J connectivity index is 2.12. The van der Waals surface area contributed by atoms with Crippen LogP contribution >= 0.6 is 21.6 Å². The Morgan fingerprint density at radius 3 is 1.71 bits per heavy atom. The Morgan fingerprint density at radius 1 is 1.00 bits per heavy atom. The molecule has 7 heavy (non-hydrogen) atoms. The zero-order valence-corrected chi connectivity index (χ0v) is 5.73. The van der Waals surface area contributed by atoms with Gasteiger partial charge in [0.15, 0.2) is 0 Å². The molecule has 1 saturated carbocycles. The summed E-state index contributed by atoms with van der Waals surface area (Å²) in [6, 6.07) is 0. The fraction of sp³-hybridized carbons (Fsp3) is 1.00. The van der Waals surface area contributed by atoms with E-state index in [9.17, 15) is 0 Å². The summed E-state index contributed by atoms with van der Waals surface area (Å²) in [5, 5.41) is 2.10. The summed E-state index contributed by atoms with van der Waals surface area (Å²) in [5.41, 5.74) is 0. The first-order chi connectivity index (χ1) is 3.45. The van der Waals surface area contributed by atoms with E-state index in [1.807, 2.05) is 0 Å². The predicted molar refractivity (Wildman–Crippen MR) is 36.6 cm³/mol. The lowest BCUT2D eigenvalue weighted by atomic mass is 10.4. The molecule has 40 valence electrons. The van der Waals surface area contributed by atoms with Gasteiger partial charge in [0.05, 0.1) is 0 Å². The molecule has 1 aliphatic carbocycles. The lowest BCUT2D eigenvalue weighted by molar-refractivity contribution is 0.900. The summed E-state index contributed by atoms with van der Waals surface area (Å²) >= 11 is 0. The van der Waals surface area contributed by atoms with Crippen LogP contribution in [-0.4, -0.2) is 10.5 Å². The van der Waals surface area contributed by atoms with E-state index in [4.69, 9.17) is 0 Å². The molecular formula is C5H8S2. The third-order valence-corrected chi connectivity index (χ3v) is 5.14. The van der Waals surface area contributed by atoms with Gasteiger partial charge in [0.25, 0.3) is 0 Å². The molecule has 2 rings (SSSR count). The number of hydrogen-bond acceptors (Lipinski definition) is 2. The summed E-state index contributed by atoms with van der Waals surface area (Å²) in [6.45, 7) is 0. The smallest absolute Gasteiger partial charge is 0.0162 e. The summed E-state index contributed by atoms with van der Waals surface area (Å²) < 4.78 is 0. The normalized spacial score (nSPS) is 48.0. The largest absolute Gasteiger partial charge is 0.0904 e. The molecule has 0 nitrogen and oxygen atoms in total. The van der Waals surface area contributed by atoms with Gasteiger partial charge in [-0.3, -0.25) is 0 Å². The van der Waals surface area contributed by atoms with Gasteiger partial charge in [-0.05, 0) is 19.3 Å². The van der Waals surface area contributed by atoms with Crippen LogP contribution in [0.2, 0.25) is 0 Å². The van der Waals surface area contributed by atoms with Crippen molar-refractivity contribution in [2.75, 3.05) is 0 Å². The number of fused-ring (bicyclic) bond motifs is 2. The van der Waals surface area contributed by atoms with Crippen molar-refractivity contribution in [2.24, 2.45) is 0 Å². The van der Waals surface area contributed by atoms with E-state index in [1.165, 1.54) is 19.3 Å². The molecule has 2 atom stereocenters. The van der Waals surface area contributed by atoms with Crippen molar-refractivity contribution in [3.8, 4) is 0 Å². The van der Waals surface area contributed by atoms with Crippen LogP contribution in [0.5, 0.6) is 0 Å². The first-order valence-corrected chi connectivity index (χ1v) is 5.05. The molecule has 0 aromatic carbocycles. The Morgan fingerprint density at radius 2 is 1.57 bits per heavy atom. The van der Waals surface area contributed by atoms with E-state index < -0.39 is 0 Å². The SMILES string of the molecule is C1CC2CC1SS2. The van der Waals surface area contributed by atoms with E-state index in [0.717, 1.165) is 10.5 Å². The molecular weight excluding hydrogens is 124 g/mol. The second-order valence-corrected chi connectivity index (χ2v) is 5.12. The van der Waals surface area contributed by atoms with Crippen LogP contribution < -0.4 is 0 Å². The maximum Gasteiger partial charge on any atom is 0.0162 e. The third kappa shape index (κ3) is 0.685. The monoisotopic (exact) mass is 132 g/mol. The highest BCUT2D eigenvalue weighted by molar-refractivity contribution is 8.77. The highest BCUT2D eigenvalue weighted by atomic mass is 33.1. The summed E-state index contributed by atoms with van der Waals surface area (Å²) in [4.78, 5) is 0. The Labute approximate surface area is 51.8 Å². The van der Waals surface area contributed by atoms with E-state index in [1.54, 1.807) is 0 Å². The fourth-order valence-corrected chi connectivity index (χ4v) is 4.75. The van der Waals surface area contributed by atoms with E-state index in [0.29, 0.717) is 0 Å². The van der Waals surface area contributed by atoms with Crippen LogP contribution in [0.4, 0.5) is 0 Å². The lowest BCUT2D eigenvalue weighted by Crippen LogP contribution is -1.86. The number of hydrogen-bond donors (Lipinski definition) is 0. The second kappa shape index (κ2) is 1.59. The standard InChI is InChI=1S/C5H8S2/c1-2-5-3-4(1)6-7-5/h4-5H,1-3H2. The molecule has 0 radical (unpaired) electrons. The van der Waals surface area contributed by atoms with Crippen molar-refractivity contribution in [2.45, 2.75) is 29.8 Å². The molecule has 1 saturated heterocycles. The minimum Gasteiger partial charge on any atom is -0.0904 e. The molecule has 2 bridgehead atoms. The molecule has 0 spiro atoms. The number of rotatable bonds is 0. The Hall–Kier alpha value is 0.700. The van der Waals surface area contributed by atoms with Crippen molar-refractivity contribution >= 4 is 21.6 Å². The predicted octanol–water partition coefficient (Wildman–Crippen LogP) is 2.30. The fourth-order valence-electron chi connectivity index (χ4n) is 1.23. The minimum absolute atomic E-state index is 1.05. The quantitative estimate of drug-likeness (QED) is 0.464. The van der Waals surface area contributed by atoms with Crippen molar-refractivity contribution < 1.29 is 0 Å². The molecule has 2 fully saturated rings. The average molecular weight is 132 g/mol. The molecule has 2 aliphatic rings. The van der Waals surface area contributed by atoms with Gasteiger partial charge in [-0.1, -0.05) is 21.6 Å². The molecule has 2 unspecified atom stereocenters. The third-order valence-electron chi connectivity index (χ3n) is 1.66. The maximum atomic E-state index is 2.11. The molecule has 0 amide bonds. The van der Waals surface area contributed by atoms with E-state index in [-0.39, 0.29) is 0 Å². The zero-order valence-electron chi connectivity index (χ0n) is 4.09. The molecule has 0 N–H and O–H groups in total. The molecule has 0 aromatic rings. The van der Waals surface area contributed by atoms with Crippen molar-refractivity contribution in [1.82, 2.24) is 0 Å². The van der Waals surface area contributed by atoms with E-state index >= 15 is 0 Å². The van der Waals surface area contributed by atoms with Crippen LogP contribution in [0.3, 0.4) is 0 Å². The van der Waals surface area contributed by atoms with Crippen LogP contribution in [0.1, 0.15) is 19.3 Å². The average Bonchev–Trinajstić information content (AvgIpc) is 2.22. The van der Waals surface area contributed by atoms with Crippen molar-refractivity contribution in [3.05, 3.63) is 0 Å². The van der Waals surface area contributed by atoms with Gasteiger partial charge in [0.1, 0.15) is 0 Å². The van der Waals surface area contributed by atoms with Gasteiger partial charge < -0.3 is 0 Å². The Kier molecular flexibility index (Phi) is 1.04. The van der Waals surface area contributed by atoms with Crippen LogP contribution in [0, 0.1) is 0 Å². The molecule has 0 aromatic heterocycles. The van der Waals surface area contributed by atoms with Gasteiger partial charge in [0.2, 0.25) is 0 Å².